The van der Waals surface area contributed by atoms with Gasteiger partial charge in [0.2, 0.25) is 0 Å². The van der Waals surface area contributed by atoms with Crippen LogP contribution in [0.4, 0.5) is 5.82 Å². The Bertz CT molecular complexity index is 404. The van der Waals surface area contributed by atoms with Crippen LogP contribution in [-0.2, 0) is 9.47 Å². The first kappa shape index (κ1) is 13.7. The Hall–Kier alpha value is -1.69. The largest absolute Gasteiger partial charge is 0.464 e. The zero-order valence-electron chi connectivity index (χ0n) is 11.1. The lowest BCUT2D eigenvalue weighted by atomic mass is 10.4. The van der Waals surface area contributed by atoms with Gasteiger partial charge in [0, 0.05) is 19.8 Å². The lowest BCUT2D eigenvalue weighted by molar-refractivity contribution is 0.0593. The number of nitrogens with zero attached hydrogens (tertiary/aromatic N) is 2. The molecule has 1 N–H and O–H groups in total. The van der Waals surface area contributed by atoms with Crippen LogP contribution in [0, 0.1) is 5.92 Å². The second kappa shape index (κ2) is 7.04. The minimum atomic E-state index is -0.479. The summed E-state index contributed by atoms with van der Waals surface area (Å²) in [6, 6.07) is 0. The first-order valence-corrected chi connectivity index (χ1v) is 6.51. The fourth-order valence-corrected chi connectivity index (χ4v) is 1.55. The zero-order valence-corrected chi connectivity index (χ0v) is 11.1. The zero-order chi connectivity index (χ0) is 13.5. The number of ether oxygens (including phenoxy) is 2. The van der Waals surface area contributed by atoms with E-state index in [0.717, 1.165) is 32.1 Å². The van der Waals surface area contributed by atoms with Gasteiger partial charge in [-0.3, -0.25) is 0 Å². The Balaban J connectivity index is 1.60. The van der Waals surface area contributed by atoms with E-state index in [1.807, 2.05) is 0 Å². The van der Waals surface area contributed by atoms with Gasteiger partial charge in [0.25, 0.3) is 0 Å². The first-order valence-electron chi connectivity index (χ1n) is 6.51. The molecule has 0 radical (unpaired) electrons. The monoisotopic (exact) mass is 265 g/mol. The molecular weight excluding hydrogens is 246 g/mol. The minimum absolute atomic E-state index is 0.209. The lowest BCUT2D eigenvalue weighted by Crippen LogP contribution is -2.10. The van der Waals surface area contributed by atoms with Gasteiger partial charge < -0.3 is 14.8 Å². The third kappa shape index (κ3) is 4.82. The predicted octanol–water partition coefficient (Wildman–Crippen LogP) is 1.49. The van der Waals surface area contributed by atoms with Crippen molar-refractivity contribution in [3.05, 3.63) is 18.1 Å². The van der Waals surface area contributed by atoms with Crippen molar-refractivity contribution >= 4 is 11.8 Å². The number of methoxy groups -OCH3 is 1. The number of hydrogen-bond acceptors (Lipinski definition) is 6. The molecule has 6 heteroatoms. The standard InChI is InChI=1S/C13H19N3O3/c1-18-13(17)11-7-16-12(8-15-11)14-5-2-6-19-9-10-3-4-10/h7-8,10H,2-6,9H2,1H3,(H,14,16). The van der Waals surface area contributed by atoms with Crippen LogP contribution in [0.25, 0.3) is 0 Å². The quantitative estimate of drug-likeness (QED) is 0.567. The molecule has 0 aromatic carbocycles. The molecule has 1 heterocycles. The molecule has 0 saturated heterocycles. The number of carbonyl (C=O) groups is 1. The van der Waals surface area contributed by atoms with Gasteiger partial charge in [0.05, 0.1) is 19.5 Å². The highest BCUT2D eigenvalue weighted by Crippen LogP contribution is 2.28. The summed E-state index contributed by atoms with van der Waals surface area (Å²) in [5.41, 5.74) is 0.209. The molecular formula is C13H19N3O3. The van der Waals surface area contributed by atoms with E-state index in [0.29, 0.717) is 5.82 Å². The molecule has 0 aliphatic heterocycles. The number of esters is 1. The van der Waals surface area contributed by atoms with Crippen LogP contribution in [0.15, 0.2) is 12.4 Å². The number of aromatic nitrogens is 2. The maximum absolute atomic E-state index is 11.2. The maximum atomic E-state index is 11.2. The predicted molar refractivity (Wildman–Crippen MR) is 70.0 cm³/mol. The van der Waals surface area contributed by atoms with Gasteiger partial charge in [0.15, 0.2) is 5.69 Å². The molecule has 1 aliphatic carbocycles. The van der Waals surface area contributed by atoms with Gasteiger partial charge in [-0.2, -0.15) is 0 Å². The van der Waals surface area contributed by atoms with E-state index in [9.17, 15) is 4.79 Å². The van der Waals surface area contributed by atoms with Gasteiger partial charge in [0.1, 0.15) is 5.82 Å². The van der Waals surface area contributed by atoms with Crippen molar-refractivity contribution in [1.82, 2.24) is 9.97 Å². The van der Waals surface area contributed by atoms with Crippen LogP contribution in [0.5, 0.6) is 0 Å². The Labute approximate surface area is 112 Å². The number of rotatable bonds is 8. The molecule has 1 aliphatic rings. The van der Waals surface area contributed by atoms with E-state index >= 15 is 0 Å². The number of anilines is 1. The molecule has 104 valence electrons. The van der Waals surface area contributed by atoms with Gasteiger partial charge >= 0.3 is 5.97 Å². The normalized spacial score (nSPS) is 14.2. The third-order valence-electron chi connectivity index (χ3n) is 2.87. The summed E-state index contributed by atoms with van der Waals surface area (Å²) in [6.45, 7) is 2.43. The van der Waals surface area contributed by atoms with E-state index in [1.165, 1.54) is 32.3 Å². The Morgan fingerprint density at radius 3 is 2.89 bits per heavy atom. The highest BCUT2D eigenvalue weighted by Gasteiger charge is 2.20. The second-order valence-electron chi connectivity index (χ2n) is 4.58. The number of carbonyl (C=O) groups excluding carboxylic acids is 1. The highest BCUT2D eigenvalue weighted by atomic mass is 16.5. The molecule has 1 aromatic rings. The molecule has 1 saturated carbocycles. The van der Waals surface area contributed by atoms with Crippen LogP contribution in [-0.4, -0.2) is 42.8 Å². The van der Waals surface area contributed by atoms with Crippen LogP contribution >= 0.6 is 0 Å². The van der Waals surface area contributed by atoms with Crippen molar-refractivity contribution in [2.45, 2.75) is 19.3 Å². The maximum Gasteiger partial charge on any atom is 0.358 e. The number of nitrogens with one attached hydrogen (secondary N) is 1. The molecule has 19 heavy (non-hydrogen) atoms. The number of hydrogen-bond donors (Lipinski definition) is 1. The van der Waals surface area contributed by atoms with Crippen molar-refractivity contribution in [3.63, 3.8) is 0 Å². The third-order valence-corrected chi connectivity index (χ3v) is 2.87. The van der Waals surface area contributed by atoms with Crippen molar-refractivity contribution < 1.29 is 14.3 Å². The Kier molecular flexibility index (Phi) is 5.09. The summed E-state index contributed by atoms with van der Waals surface area (Å²) < 4.78 is 10.1. The van der Waals surface area contributed by atoms with Gasteiger partial charge in [-0.15, -0.1) is 0 Å². The van der Waals surface area contributed by atoms with Crippen LogP contribution in [0.2, 0.25) is 0 Å². The summed E-state index contributed by atoms with van der Waals surface area (Å²) in [7, 11) is 1.32. The first-order chi connectivity index (χ1) is 9.29. The summed E-state index contributed by atoms with van der Waals surface area (Å²) in [5.74, 6) is 0.979. The Morgan fingerprint density at radius 2 is 2.26 bits per heavy atom. The molecule has 1 aromatic heterocycles. The molecule has 0 atom stereocenters. The minimum Gasteiger partial charge on any atom is -0.464 e. The fourth-order valence-electron chi connectivity index (χ4n) is 1.55. The summed E-state index contributed by atoms with van der Waals surface area (Å²) in [4.78, 5) is 19.2. The van der Waals surface area contributed by atoms with Crippen LogP contribution in [0.1, 0.15) is 29.8 Å². The van der Waals surface area contributed by atoms with Gasteiger partial charge in [-0.25, -0.2) is 14.8 Å². The van der Waals surface area contributed by atoms with Crippen molar-refractivity contribution in [3.8, 4) is 0 Å². The van der Waals surface area contributed by atoms with Crippen molar-refractivity contribution in [1.29, 1.82) is 0 Å². The summed E-state index contributed by atoms with van der Waals surface area (Å²) >= 11 is 0. The topological polar surface area (TPSA) is 73.3 Å². The van der Waals surface area contributed by atoms with E-state index in [2.05, 4.69) is 20.0 Å². The van der Waals surface area contributed by atoms with Gasteiger partial charge in [-0.1, -0.05) is 0 Å². The average Bonchev–Trinajstić information content (AvgIpc) is 3.26. The molecule has 0 bridgehead atoms. The molecule has 0 spiro atoms. The van der Waals surface area contributed by atoms with Gasteiger partial charge in [-0.05, 0) is 25.2 Å². The second-order valence-corrected chi connectivity index (χ2v) is 4.58. The molecule has 2 rings (SSSR count). The van der Waals surface area contributed by atoms with E-state index < -0.39 is 5.97 Å². The molecule has 0 unspecified atom stereocenters. The van der Waals surface area contributed by atoms with E-state index in [-0.39, 0.29) is 5.69 Å². The SMILES string of the molecule is COC(=O)c1cnc(NCCCOCC2CC2)cn1. The lowest BCUT2D eigenvalue weighted by Gasteiger charge is -2.06. The summed E-state index contributed by atoms with van der Waals surface area (Å²) in [6.07, 6.45) is 6.49. The molecule has 1 fully saturated rings. The fraction of sp³-hybridized carbons (Fsp3) is 0.615. The van der Waals surface area contributed by atoms with E-state index in [1.54, 1.807) is 0 Å². The highest BCUT2D eigenvalue weighted by molar-refractivity contribution is 5.86. The average molecular weight is 265 g/mol. The van der Waals surface area contributed by atoms with Crippen LogP contribution in [0.3, 0.4) is 0 Å². The smallest absolute Gasteiger partial charge is 0.358 e. The molecule has 0 amide bonds. The van der Waals surface area contributed by atoms with E-state index in [4.69, 9.17) is 4.74 Å². The van der Waals surface area contributed by atoms with Crippen molar-refractivity contribution in [2.75, 3.05) is 32.2 Å². The van der Waals surface area contributed by atoms with Crippen LogP contribution < -0.4 is 5.32 Å². The summed E-state index contributed by atoms with van der Waals surface area (Å²) in [5, 5.41) is 3.13. The molecule has 6 nitrogen and oxygen atoms in total. The Morgan fingerprint density at radius 1 is 1.42 bits per heavy atom. The van der Waals surface area contributed by atoms with Crippen molar-refractivity contribution in [2.24, 2.45) is 5.92 Å².